The minimum absolute atomic E-state index is 0.104. The molecule has 1 heteroatoms. The van der Waals surface area contributed by atoms with Crippen LogP contribution in [0.15, 0.2) is 121 Å². The Morgan fingerprint density at radius 1 is 0.367 bits per heavy atom. The normalized spacial score (nSPS) is 14.4. The van der Waals surface area contributed by atoms with Gasteiger partial charge in [0.15, 0.2) is 0 Å². The van der Waals surface area contributed by atoms with Gasteiger partial charge in [-0.3, -0.25) is 0 Å². The highest BCUT2D eigenvalue weighted by atomic mass is 79.9. The highest BCUT2D eigenvalue weighted by Crippen LogP contribution is 2.54. The van der Waals surface area contributed by atoms with E-state index in [4.69, 9.17) is 0 Å². The Kier molecular flexibility index (Phi) is 5.21. The molecule has 0 N–H and O–H groups in total. The summed E-state index contributed by atoms with van der Waals surface area (Å²) >= 11 is 4.10. The zero-order chi connectivity index (χ0) is 20.3. The third-order valence-corrected chi connectivity index (χ3v) is 6.51. The first-order valence-electron chi connectivity index (χ1n) is 10.2. The molecule has 0 nitrogen and oxygen atoms in total. The van der Waals surface area contributed by atoms with E-state index in [0.717, 1.165) is 0 Å². The Morgan fingerprint density at radius 2 is 0.633 bits per heavy atom. The van der Waals surface area contributed by atoms with E-state index in [1.54, 1.807) is 0 Å². The molecular formula is C29H21Br. The van der Waals surface area contributed by atoms with Crippen LogP contribution in [-0.4, -0.2) is 4.83 Å². The van der Waals surface area contributed by atoms with Gasteiger partial charge in [-0.05, 0) is 44.5 Å². The van der Waals surface area contributed by atoms with Crippen molar-refractivity contribution in [1.82, 2.24) is 0 Å². The number of hydrogen-bond acceptors (Lipinski definition) is 0. The second-order valence-corrected chi connectivity index (χ2v) is 8.32. The first kappa shape index (κ1) is 18.8. The van der Waals surface area contributed by atoms with Crippen molar-refractivity contribution in [3.8, 4) is 0 Å². The Labute approximate surface area is 186 Å². The van der Waals surface area contributed by atoms with Crippen molar-refractivity contribution in [3.63, 3.8) is 0 Å². The fraction of sp³-hybridized carbons (Fsp3) is 0.0345. The van der Waals surface area contributed by atoms with Gasteiger partial charge in [-0.2, -0.15) is 0 Å². The van der Waals surface area contributed by atoms with Gasteiger partial charge in [-0.15, -0.1) is 0 Å². The maximum absolute atomic E-state index is 4.10. The Hall–Kier alpha value is -3.16. The zero-order valence-electron chi connectivity index (χ0n) is 16.5. The summed E-state index contributed by atoms with van der Waals surface area (Å²) in [6, 6.07) is 43.0. The predicted molar refractivity (Wildman–Crippen MR) is 132 cm³/mol. The molecule has 0 saturated heterocycles. The molecule has 0 aliphatic heterocycles. The van der Waals surface area contributed by atoms with Crippen molar-refractivity contribution < 1.29 is 0 Å². The first-order chi connectivity index (χ1) is 14.8. The van der Waals surface area contributed by atoms with E-state index in [0.29, 0.717) is 0 Å². The van der Waals surface area contributed by atoms with E-state index in [1.165, 1.54) is 44.5 Å². The lowest BCUT2D eigenvalue weighted by atomic mass is 9.89. The van der Waals surface area contributed by atoms with Crippen LogP contribution in [0, 0.1) is 0 Å². The van der Waals surface area contributed by atoms with Crippen LogP contribution >= 0.6 is 15.9 Å². The molecule has 4 aromatic carbocycles. The van der Waals surface area contributed by atoms with Crippen LogP contribution in [0.2, 0.25) is 0 Å². The summed E-state index contributed by atoms with van der Waals surface area (Å²) in [7, 11) is 0. The van der Waals surface area contributed by atoms with Crippen molar-refractivity contribution in [2.24, 2.45) is 0 Å². The van der Waals surface area contributed by atoms with Gasteiger partial charge in [0.2, 0.25) is 0 Å². The molecule has 0 bridgehead atoms. The van der Waals surface area contributed by atoms with Crippen LogP contribution in [0.25, 0.3) is 22.3 Å². The Bertz CT molecular complexity index is 1110. The number of hydrogen-bond donors (Lipinski definition) is 0. The number of halogens is 1. The van der Waals surface area contributed by atoms with Crippen molar-refractivity contribution in [2.75, 3.05) is 0 Å². The van der Waals surface area contributed by atoms with Gasteiger partial charge in [0.25, 0.3) is 0 Å². The summed E-state index contributed by atoms with van der Waals surface area (Å²) in [5.74, 6) is 0. The second kappa shape index (κ2) is 8.30. The summed E-state index contributed by atoms with van der Waals surface area (Å²) in [6.07, 6.45) is 0. The van der Waals surface area contributed by atoms with E-state index in [1.807, 2.05) is 0 Å². The lowest BCUT2D eigenvalue weighted by Crippen LogP contribution is -2.02. The third-order valence-electron chi connectivity index (χ3n) is 5.59. The molecule has 30 heavy (non-hydrogen) atoms. The SMILES string of the molecule is BrC1C(c2ccccc2)=C(c2ccccc2)C(c2ccccc2)=C1c1ccccc1. The van der Waals surface area contributed by atoms with Crippen molar-refractivity contribution in [1.29, 1.82) is 0 Å². The standard InChI is InChI=1S/C29H21Br/c30-29-27(23-17-9-3-10-18-23)25(21-13-5-1-6-14-21)26(22-15-7-2-8-16-22)28(29)24-19-11-4-12-20-24/h1-20,29H. The molecule has 144 valence electrons. The number of rotatable bonds is 4. The van der Waals surface area contributed by atoms with E-state index < -0.39 is 0 Å². The maximum atomic E-state index is 4.10. The fourth-order valence-corrected chi connectivity index (χ4v) is 5.28. The number of benzene rings is 4. The summed E-state index contributed by atoms with van der Waals surface area (Å²) in [4.78, 5) is 0.104. The summed E-state index contributed by atoms with van der Waals surface area (Å²) in [5, 5.41) is 0. The third kappa shape index (κ3) is 3.36. The zero-order valence-corrected chi connectivity index (χ0v) is 18.1. The molecule has 0 saturated carbocycles. The molecule has 1 aliphatic carbocycles. The molecule has 0 aromatic heterocycles. The van der Waals surface area contributed by atoms with Gasteiger partial charge >= 0.3 is 0 Å². The van der Waals surface area contributed by atoms with Crippen LogP contribution in [0.5, 0.6) is 0 Å². The molecule has 0 unspecified atom stereocenters. The smallest absolute Gasteiger partial charge is 0.0668 e. The lowest BCUT2D eigenvalue weighted by molar-refractivity contribution is 1.45. The van der Waals surface area contributed by atoms with E-state index in [9.17, 15) is 0 Å². The van der Waals surface area contributed by atoms with Crippen molar-refractivity contribution >= 4 is 38.2 Å². The lowest BCUT2D eigenvalue weighted by Gasteiger charge is -2.14. The maximum Gasteiger partial charge on any atom is 0.0668 e. The van der Waals surface area contributed by atoms with Gasteiger partial charge in [-0.1, -0.05) is 137 Å². The molecule has 0 spiro atoms. The summed E-state index contributed by atoms with van der Waals surface area (Å²) < 4.78 is 0. The summed E-state index contributed by atoms with van der Waals surface area (Å²) in [6.45, 7) is 0. The van der Waals surface area contributed by atoms with E-state index >= 15 is 0 Å². The van der Waals surface area contributed by atoms with Crippen LogP contribution in [0.1, 0.15) is 22.3 Å². The van der Waals surface area contributed by atoms with E-state index in [2.05, 4.69) is 137 Å². The van der Waals surface area contributed by atoms with Crippen LogP contribution in [0.4, 0.5) is 0 Å². The van der Waals surface area contributed by atoms with Gasteiger partial charge in [0.1, 0.15) is 0 Å². The predicted octanol–water partition coefficient (Wildman–Crippen LogP) is 7.99. The molecule has 5 rings (SSSR count). The van der Waals surface area contributed by atoms with Crippen molar-refractivity contribution in [2.45, 2.75) is 4.83 Å². The van der Waals surface area contributed by atoms with Gasteiger partial charge < -0.3 is 0 Å². The average Bonchev–Trinajstić information content (AvgIpc) is 3.14. The largest absolute Gasteiger partial charge is 0.0785 e. The monoisotopic (exact) mass is 448 g/mol. The highest BCUT2D eigenvalue weighted by molar-refractivity contribution is 9.10. The average molecular weight is 449 g/mol. The van der Waals surface area contributed by atoms with Crippen LogP contribution in [-0.2, 0) is 0 Å². The quantitative estimate of drug-likeness (QED) is 0.277. The molecule has 0 radical (unpaired) electrons. The molecule has 0 heterocycles. The Morgan fingerprint density at radius 3 is 0.933 bits per heavy atom. The number of alkyl halides is 1. The molecular weight excluding hydrogens is 428 g/mol. The molecule has 1 aliphatic rings. The molecule has 0 fully saturated rings. The highest BCUT2D eigenvalue weighted by Gasteiger charge is 2.34. The fourth-order valence-electron chi connectivity index (χ4n) is 4.29. The molecule has 4 aromatic rings. The van der Waals surface area contributed by atoms with Crippen LogP contribution in [0.3, 0.4) is 0 Å². The van der Waals surface area contributed by atoms with Gasteiger partial charge in [0.05, 0.1) is 4.83 Å². The van der Waals surface area contributed by atoms with E-state index in [-0.39, 0.29) is 4.83 Å². The molecule has 0 amide bonds. The molecule has 0 atom stereocenters. The van der Waals surface area contributed by atoms with Gasteiger partial charge in [0, 0.05) is 0 Å². The van der Waals surface area contributed by atoms with Crippen molar-refractivity contribution in [3.05, 3.63) is 144 Å². The minimum atomic E-state index is 0.104. The second-order valence-electron chi connectivity index (χ2n) is 7.40. The van der Waals surface area contributed by atoms with Gasteiger partial charge in [-0.25, -0.2) is 0 Å². The number of allylic oxidation sites excluding steroid dienone is 4. The first-order valence-corrected chi connectivity index (χ1v) is 11.1. The summed E-state index contributed by atoms with van der Waals surface area (Å²) in [5.41, 5.74) is 10.2. The Balaban J connectivity index is 1.86. The van der Waals surface area contributed by atoms with Crippen LogP contribution < -0.4 is 0 Å². The minimum Gasteiger partial charge on any atom is -0.0785 e. The topological polar surface area (TPSA) is 0 Å².